The Kier molecular flexibility index (Phi) is 4.39. The lowest BCUT2D eigenvalue weighted by Gasteiger charge is -2.10. The van der Waals surface area contributed by atoms with E-state index in [1.165, 1.54) is 0 Å². The van der Waals surface area contributed by atoms with E-state index < -0.39 is 0 Å². The molecule has 2 heterocycles. The number of aromatic nitrogens is 3. The van der Waals surface area contributed by atoms with Crippen LogP contribution in [0.1, 0.15) is 51.8 Å². The van der Waals surface area contributed by atoms with E-state index in [0.29, 0.717) is 17.2 Å². The number of carbonyl (C=O) groups is 1. The molecule has 138 valence electrons. The zero-order valence-corrected chi connectivity index (χ0v) is 15.5. The molecule has 0 bridgehead atoms. The zero-order chi connectivity index (χ0) is 19.0. The van der Waals surface area contributed by atoms with Crippen molar-refractivity contribution in [3.8, 4) is 5.69 Å². The predicted molar refractivity (Wildman–Crippen MR) is 103 cm³/mol. The Morgan fingerprint density at radius 1 is 1.22 bits per heavy atom. The van der Waals surface area contributed by atoms with Crippen LogP contribution in [0.3, 0.4) is 0 Å². The molecule has 2 N–H and O–H groups in total. The first kappa shape index (κ1) is 17.3. The number of aromatic amines is 1. The SMILES string of the molecule is Cc1cc(C)c(CNC(=O)c2cc(C3CC3)nn2-c2ccccc2)c(=O)[nH]1. The Morgan fingerprint density at radius 2 is 1.96 bits per heavy atom. The molecule has 0 atom stereocenters. The van der Waals surface area contributed by atoms with Gasteiger partial charge in [0.2, 0.25) is 0 Å². The van der Waals surface area contributed by atoms with Gasteiger partial charge in [0.05, 0.1) is 11.4 Å². The first-order valence-electron chi connectivity index (χ1n) is 9.16. The Morgan fingerprint density at radius 3 is 2.63 bits per heavy atom. The molecule has 0 unspecified atom stereocenters. The number of amides is 1. The van der Waals surface area contributed by atoms with E-state index in [4.69, 9.17) is 0 Å². The molecule has 1 aromatic carbocycles. The summed E-state index contributed by atoms with van der Waals surface area (Å²) in [5.74, 6) is 0.210. The summed E-state index contributed by atoms with van der Waals surface area (Å²) in [5.41, 5.74) is 4.37. The van der Waals surface area contributed by atoms with Crippen LogP contribution >= 0.6 is 0 Å². The third-order valence-electron chi connectivity index (χ3n) is 4.88. The number of nitrogens with zero attached hydrogens (tertiary/aromatic N) is 2. The van der Waals surface area contributed by atoms with Gasteiger partial charge in [-0.05, 0) is 56.5 Å². The highest BCUT2D eigenvalue weighted by atomic mass is 16.2. The molecule has 0 spiro atoms. The van der Waals surface area contributed by atoms with Crippen LogP contribution in [0.4, 0.5) is 0 Å². The van der Waals surface area contributed by atoms with E-state index in [2.05, 4.69) is 15.4 Å². The minimum absolute atomic E-state index is 0.164. The lowest BCUT2D eigenvalue weighted by atomic mass is 10.1. The van der Waals surface area contributed by atoms with Crippen molar-refractivity contribution < 1.29 is 4.79 Å². The average Bonchev–Trinajstić information content (AvgIpc) is 3.40. The monoisotopic (exact) mass is 362 g/mol. The summed E-state index contributed by atoms with van der Waals surface area (Å²) in [6, 6.07) is 13.4. The second kappa shape index (κ2) is 6.87. The minimum Gasteiger partial charge on any atom is -0.346 e. The third kappa shape index (κ3) is 3.56. The Balaban J connectivity index is 1.61. The second-order valence-electron chi connectivity index (χ2n) is 7.10. The van der Waals surface area contributed by atoms with Crippen LogP contribution < -0.4 is 10.9 Å². The van der Waals surface area contributed by atoms with Crippen LogP contribution in [0.5, 0.6) is 0 Å². The molecule has 1 amide bonds. The average molecular weight is 362 g/mol. The molecule has 1 fully saturated rings. The van der Waals surface area contributed by atoms with Gasteiger partial charge in [-0.1, -0.05) is 18.2 Å². The van der Waals surface area contributed by atoms with Gasteiger partial charge in [0, 0.05) is 23.7 Å². The molecule has 0 aliphatic heterocycles. The topological polar surface area (TPSA) is 79.8 Å². The summed E-state index contributed by atoms with van der Waals surface area (Å²) < 4.78 is 1.69. The lowest BCUT2D eigenvalue weighted by molar-refractivity contribution is 0.0943. The number of carbonyl (C=O) groups excluding carboxylic acids is 1. The van der Waals surface area contributed by atoms with Gasteiger partial charge in [-0.2, -0.15) is 5.10 Å². The predicted octanol–water partition coefficient (Wildman–Crippen LogP) is 2.98. The molecule has 0 saturated heterocycles. The van der Waals surface area contributed by atoms with Crippen LogP contribution in [0, 0.1) is 13.8 Å². The molecule has 2 aromatic heterocycles. The first-order valence-corrected chi connectivity index (χ1v) is 9.16. The van der Waals surface area contributed by atoms with E-state index in [1.54, 1.807) is 4.68 Å². The van der Waals surface area contributed by atoms with Crippen molar-refractivity contribution in [3.05, 3.63) is 81.0 Å². The molecule has 1 aliphatic rings. The highest BCUT2D eigenvalue weighted by Gasteiger charge is 2.29. The van der Waals surface area contributed by atoms with Crippen molar-refractivity contribution >= 4 is 5.91 Å². The molecule has 0 radical (unpaired) electrons. The number of para-hydroxylation sites is 1. The number of pyridine rings is 1. The largest absolute Gasteiger partial charge is 0.346 e. The van der Waals surface area contributed by atoms with Crippen molar-refractivity contribution in [2.75, 3.05) is 0 Å². The maximum Gasteiger partial charge on any atom is 0.270 e. The molecule has 6 nitrogen and oxygen atoms in total. The van der Waals surface area contributed by atoms with Gasteiger partial charge in [-0.3, -0.25) is 9.59 Å². The lowest BCUT2D eigenvalue weighted by Crippen LogP contribution is -2.29. The van der Waals surface area contributed by atoms with Crippen LogP contribution in [0.15, 0.2) is 47.3 Å². The fourth-order valence-corrected chi connectivity index (χ4v) is 3.27. The van der Waals surface area contributed by atoms with Crippen LogP contribution in [0.2, 0.25) is 0 Å². The maximum atomic E-state index is 12.9. The fourth-order valence-electron chi connectivity index (χ4n) is 3.27. The first-order chi connectivity index (χ1) is 13.0. The summed E-state index contributed by atoms with van der Waals surface area (Å²) in [6.45, 7) is 3.90. The van der Waals surface area contributed by atoms with Gasteiger partial charge in [-0.15, -0.1) is 0 Å². The van der Waals surface area contributed by atoms with Gasteiger partial charge in [-0.25, -0.2) is 4.68 Å². The number of H-pyrrole nitrogens is 1. The minimum atomic E-state index is -0.238. The van der Waals surface area contributed by atoms with Crippen molar-refractivity contribution in [1.82, 2.24) is 20.1 Å². The highest BCUT2D eigenvalue weighted by Crippen LogP contribution is 2.39. The summed E-state index contributed by atoms with van der Waals surface area (Å²) in [6.07, 6.45) is 2.23. The summed E-state index contributed by atoms with van der Waals surface area (Å²) >= 11 is 0. The number of hydrogen-bond donors (Lipinski definition) is 2. The number of benzene rings is 1. The molecule has 27 heavy (non-hydrogen) atoms. The molecule has 3 aromatic rings. The van der Waals surface area contributed by atoms with Gasteiger partial charge in [0.25, 0.3) is 11.5 Å². The quantitative estimate of drug-likeness (QED) is 0.732. The van der Waals surface area contributed by atoms with Crippen LogP contribution in [-0.4, -0.2) is 20.7 Å². The summed E-state index contributed by atoms with van der Waals surface area (Å²) in [7, 11) is 0. The molecule has 6 heteroatoms. The van der Waals surface area contributed by atoms with Crippen LogP contribution in [0.25, 0.3) is 5.69 Å². The van der Waals surface area contributed by atoms with E-state index in [-0.39, 0.29) is 18.0 Å². The number of nitrogens with one attached hydrogen (secondary N) is 2. The maximum absolute atomic E-state index is 12.9. The smallest absolute Gasteiger partial charge is 0.270 e. The van der Waals surface area contributed by atoms with Crippen molar-refractivity contribution in [2.24, 2.45) is 0 Å². The van der Waals surface area contributed by atoms with Crippen molar-refractivity contribution in [1.29, 1.82) is 0 Å². The number of hydrogen-bond acceptors (Lipinski definition) is 3. The molecular formula is C21H22N4O2. The Hall–Kier alpha value is -3.15. The van der Waals surface area contributed by atoms with Gasteiger partial charge in [0.15, 0.2) is 0 Å². The van der Waals surface area contributed by atoms with E-state index in [1.807, 2.05) is 56.3 Å². The van der Waals surface area contributed by atoms with Crippen molar-refractivity contribution in [2.45, 2.75) is 39.2 Å². The highest BCUT2D eigenvalue weighted by molar-refractivity contribution is 5.93. The molecular weight excluding hydrogens is 340 g/mol. The van der Waals surface area contributed by atoms with E-state index in [9.17, 15) is 9.59 Å². The van der Waals surface area contributed by atoms with Crippen molar-refractivity contribution in [3.63, 3.8) is 0 Å². The molecule has 1 aliphatic carbocycles. The Labute approximate surface area is 157 Å². The standard InChI is InChI=1S/C21H22N4O2/c1-13-10-14(2)23-20(26)17(13)12-22-21(27)19-11-18(15-8-9-15)24-25(19)16-6-4-3-5-7-16/h3-7,10-11,15H,8-9,12H2,1-2H3,(H,22,27)(H,23,26). The molecule has 1 saturated carbocycles. The van der Waals surface area contributed by atoms with Crippen LogP contribution in [-0.2, 0) is 6.54 Å². The zero-order valence-electron chi connectivity index (χ0n) is 15.5. The van der Waals surface area contributed by atoms with Gasteiger partial charge < -0.3 is 10.3 Å². The normalized spacial score (nSPS) is 13.6. The fraction of sp³-hybridized carbons (Fsp3) is 0.286. The summed E-state index contributed by atoms with van der Waals surface area (Å²) in [5, 5.41) is 7.53. The number of rotatable bonds is 5. The summed E-state index contributed by atoms with van der Waals surface area (Å²) in [4.78, 5) is 27.8. The van der Waals surface area contributed by atoms with Gasteiger partial charge in [0.1, 0.15) is 5.69 Å². The third-order valence-corrected chi connectivity index (χ3v) is 4.88. The second-order valence-corrected chi connectivity index (χ2v) is 7.10. The van der Waals surface area contributed by atoms with E-state index in [0.717, 1.165) is 35.5 Å². The Bertz CT molecular complexity index is 1050. The van der Waals surface area contributed by atoms with Gasteiger partial charge >= 0.3 is 0 Å². The van der Waals surface area contributed by atoms with E-state index >= 15 is 0 Å². The number of aryl methyl sites for hydroxylation is 2. The molecule has 4 rings (SSSR count).